The van der Waals surface area contributed by atoms with Crippen LogP contribution < -0.4 is 0 Å². The maximum absolute atomic E-state index is 11.8. The second kappa shape index (κ2) is 4.74. The van der Waals surface area contributed by atoms with E-state index in [2.05, 4.69) is 0 Å². The number of rotatable bonds is 5. The summed E-state index contributed by atoms with van der Waals surface area (Å²) in [6.07, 6.45) is 17.4. The summed E-state index contributed by atoms with van der Waals surface area (Å²) < 4.78 is 0. The molecule has 0 spiro atoms. The van der Waals surface area contributed by atoms with Gasteiger partial charge in [0.2, 0.25) is 0 Å². The van der Waals surface area contributed by atoms with Gasteiger partial charge in [-0.3, -0.25) is 4.79 Å². The largest absolute Gasteiger partial charge is 0.481 e. The molecule has 2 nitrogen and oxygen atoms in total. The number of carbonyl (C=O) groups is 1. The molecule has 1 N–H and O–H groups in total. The van der Waals surface area contributed by atoms with Gasteiger partial charge in [-0.15, -0.1) is 0 Å². The van der Waals surface area contributed by atoms with E-state index in [0.717, 1.165) is 6.42 Å². The fourth-order valence-corrected chi connectivity index (χ4v) is 2.91. The zero-order chi connectivity index (χ0) is 12.3. The maximum Gasteiger partial charge on any atom is 0.311 e. The maximum atomic E-state index is 11.8. The highest BCUT2D eigenvalue weighted by Gasteiger charge is 2.48. The minimum atomic E-state index is -0.720. The lowest BCUT2D eigenvalue weighted by Crippen LogP contribution is -2.42. The highest BCUT2D eigenvalue weighted by molar-refractivity contribution is 5.77. The first-order chi connectivity index (χ1) is 8.21. The average Bonchev–Trinajstić information content (AvgIpc) is 2.98. The minimum Gasteiger partial charge on any atom is -0.481 e. The van der Waals surface area contributed by atoms with E-state index in [9.17, 15) is 9.90 Å². The molecule has 17 heavy (non-hydrogen) atoms. The molecule has 0 amide bonds. The van der Waals surface area contributed by atoms with Gasteiger partial charge in [-0.05, 0) is 6.42 Å². The highest BCUT2D eigenvalue weighted by Crippen LogP contribution is 2.46. The number of aliphatic carboxylic acids is 1. The summed E-state index contributed by atoms with van der Waals surface area (Å²) in [4.78, 5) is 11.8. The molecule has 0 aliphatic heterocycles. The predicted octanol–water partition coefficient (Wildman–Crippen LogP) is 3.34. The Bertz CT molecular complexity index is 361. The van der Waals surface area contributed by atoms with E-state index < -0.39 is 11.4 Å². The molecule has 2 rings (SSSR count). The van der Waals surface area contributed by atoms with Crippen molar-refractivity contribution in [2.45, 2.75) is 19.8 Å². The van der Waals surface area contributed by atoms with Gasteiger partial charge in [0, 0.05) is 11.8 Å². The second-order valence-electron chi connectivity index (χ2n) is 4.69. The molecular weight excluding hydrogens is 212 g/mol. The van der Waals surface area contributed by atoms with Gasteiger partial charge in [-0.1, -0.05) is 62.0 Å². The summed E-state index contributed by atoms with van der Waals surface area (Å²) in [5.74, 6) is -0.698. The Balaban J connectivity index is 2.41. The van der Waals surface area contributed by atoms with Crippen molar-refractivity contribution in [1.29, 1.82) is 0 Å². The predicted molar refractivity (Wildman–Crippen MR) is 68.5 cm³/mol. The normalized spacial score (nSPS) is 19.6. The molecular formula is C15H18O2. The van der Waals surface area contributed by atoms with Crippen LogP contribution in [0.1, 0.15) is 19.8 Å². The summed E-state index contributed by atoms with van der Waals surface area (Å²) in [6, 6.07) is 0. The van der Waals surface area contributed by atoms with Gasteiger partial charge in [0.05, 0.1) is 5.41 Å². The van der Waals surface area contributed by atoms with Crippen LogP contribution in [0.25, 0.3) is 0 Å². The van der Waals surface area contributed by atoms with Crippen molar-refractivity contribution < 1.29 is 9.90 Å². The van der Waals surface area contributed by atoms with Crippen molar-refractivity contribution in [2.24, 2.45) is 17.3 Å². The van der Waals surface area contributed by atoms with Crippen LogP contribution in [0.2, 0.25) is 0 Å². The van der Waals surface area contributed by atoms with Crippen LogP contribution in [-0.4, -0.2) is 11.1 Å². The number of hydrogen-bond acceptors (Lipinski definition) is 1. The lowest BCUT2D eigenvalue weighted by molar-refractivity contribution is -0.153. The third kappa shape index (κ3) is 1.88. The van der Waals surface area contributed by atoms with Crippen LogP contribution >= 0.6 is 0 Å². The third-order valence-electron chi connectivity index (χ3n) is 3.75. The van der Waals surface area contributed by atoms with Gasteiger partial charge in [0.1, 0.15) is 0 Å². The number of hydrogen-bond donors (Lipinski definition) is 1. The third-order valence-corrected chi connectivity index (χ3v) is 3.75. The first-order valence-corrected chi connectivity index (χ1v) is 6.15. The summed E-state index contributed by atoms with van der Waals surface area (Å²) in [5, 5.41) is 9.74. The molecule has 2 aliphatic carbocycles. The Morgan fingerprint density at radius 2 is 1.47 bits per heavy atom. The number of allylic oxidation sites excluding steroid dienone is 8. The van der Waals surface area contributed by atoms with Crippen LogP contribution in [0.15, 0.2) is 48.6 Å². The van der Waals surface area contributed by atoms with Crippen molar-refractivity contribution >= 4 is 5.97 Å². The molecule has 0 atom stereocenters. The fourth-order valence-electron chi connectivity index (χ4n) is 2.91. The summed E-state index contributed by atoms with van der Waals surface area (Å²) >= 11 is 0. The zero-order valence-corrected chi connectivity index (χ0v) is 10.0. The molecule has 0 radical (unpaired) electrons. The molecule has 0 aromatic rings. The molecule has 0 aromatic carbocycles. The molecule has 0 saturated heterocycles. The van der Waals surface area contributed by atoms with Crippen LogP contribution in [0.4, 0.5) is 0 Å². The Hall–Kier alpha value is -1.57. The second-order valence-corrected chi connectivity index (χ2v) is 4.69. The lowest BCUT2D eigenvalue weighted by atomic mass is 9.64. The molecule has 2 aliphatic rings. The van der Waals surface area contributed by atoms with Gasteiger partial charge in [-0.2, -0.15) is 0 Å². The monoisotopic (exact) mass is 230 g/mol. The van der Waals surface area contributed by atoms with Crippen molar-refractivity contribution in [3.05, 3.63) is 48.6 Å². The van der Waals surface area contributed by atoms with E-state index in [1.165, 1.54) is 0 Å². The number of carboxylic acid groups (broad SMARTS) is 1. The summed E-state index contributed by atoms with van der Waals surface area (Å²) in [6.45, 7) is 2.04. The van der Waals surface area contributed by atoms with E-state index in [-0.39, 0.29) is 11.8 Å². The van der Waals surface area contributed by atoms with E-state index in [1.807, 2.05) is 55.5 Å². The molecule has 2 heteroatoms. The number of carboxylic acids is 1. The fraction of sp³-hybridized carbons (Fsp3) is 0.400. The van der Waals surface area contributed by atoms with Gasteiger partial charge >= 0.3 is 5.97 Å². The Morgan fingerprint density at radius 1 is 1.06 bits per heavy atom. The van der Waals surface area contributed by atoms with Crippen LogP contribution in [-0.2, 0) is 4.79 Å². The van der Waals surface area contributed by atoms with Crippen molar-refractivity contribution in [1.82, 2.24) is 0 Å². The van der Waals surface area contributed by atoms with Crippen LogP contribution in [0, 0.1) is 17.3 Å². The Labute approximate surface area is 102 Å². The summed E-state index contributed by atoms with van der Waals surface area (Å²) in [5.41, 5.74) is -0.720. The van der Waals surface area contributed by atoms with Gasteiger partial charge in [0.25, 0.3) is 0 Å². The topological polar surface area (TPSA) is 37.3 Å². The van der Waals surface area contributed by atoms with Gasteiger partial charge < -0.3 is 5.11 Å². The van der Waals surface area contributed by atoms with E-state index in [1.54, 1.807) is 0 Å². The highest BCUT2D eigenvalue weighted by atomic mass is 16.4. The Morgan fingerprint density at radius 3 is 1.76 bits per heavy atom. The Kier molecular flexibility index (Phi) is 3.32. The first-order valence-electron chi connectivity index (χ1n) is 6.15. The average molecular weight is 230 g/mol. The molecule has 90 valence electrons. The zero-order valence-electron chi connectivity index (χ0n) is 10.0. The van der Waals surface area contributed by atoms with E-state index >= 15 is 0 Å². The van der Waals surface area contributed by atoms with Crippen molar-refractivity contribution in [2.75, 3.05) is 0 Å². The first kappa shape index (κ1) is 11.9. The quantitative estimate of drug-likeness (QED) is 0.786. The molecule has 0 heterocycles. The van der Waals surface area contributed by atoms with Crippen molar-refractivity contribution in [3.63, 3.8) is 0 Å². The van der Waals surface area contributed by atoms with Crippen LogP contribution in [0.3, 0.4) is 0 Å². The molecule has 0 aromatic heterocycles. The van der Waals surface area contributed by atoms with Gasteiger partial charge in [0.15, 0.2) is 0 Å². The van der Waals surface area contributed by atoms with E-state index in [4.69, 9.17) is 0 Å². The molecule has 0 fully saturated rings. The molecule has 0 saturated carbocycles. The van der Waals surface area contributed by atoms with Crippen LogP contribution in [0.5, 0.6) is 0 Å². The SMILES string of the molecule is CCCC(C(=O)O)(C1C=CC=C1)C1C=CC=C1. The van der Waals surface area contributed by atoms with Crippen molar-refractivity contribution in [3.8, 4) is 0 Å². The molecule has 0 unspecified atom stereocenters. The minimum absolute atomic E-state index is 0.00245. The lowest BCUT2D eigenvalue weighted by Gasteiger charge is -2.37. The van der Waals surface area contributed by atoms with E-state index in [0.29, 0.717) is 6.42 Å². The smallest absolute Gasteiger partial charge is 0.311 e. The molecule has 0 bridgehead atoms. The summed E-state index contributed by atoms with van der Waals surface area (Å²) in [7, 11) is 0. The standard InChI is InChI=1S/C15H18O2/c1-2-11-15(14(16)17,12-7-3-4-8-12)13-9-5-6-10-13/h3-10,12-13H,2,11H2,1H3,(H,16,17). The van der Waals surface area contributed by atoms with Gasteiger partial charge in [-0.25, -0.2) is 0 Å².